The minimum Gasteiger partial charge on any atom is -0.385 e. The molecule has 2 rings (SSSR count). The lowest BCUT2D eigenvalue weighted by molar-refractivity contribution is 0.0444. The standard InChI is InChI=1S/C11H18N2O/c1-2-7-13-9-10(8-12-13)11(14)5-3-4-6-11/h8-9,14H,2-7H2,1H3. The summed E-state index contributed by atoms with van der Waals surface area (Å²) < 4.78 is 1.92. The van der Waals surface area contributed by atoms with Crippen molar-refractivity contribution in [3.8, 4) is 0 Å². The number of rotatable bonds is 3. The summed E-state index contributed by atoms with van der Waals surface area (Å²) in [6.07, 6.45) is 8.95. The molecule has 1 N–H and O–H groups in total. The second-order valence-electron chi connectivity index (χ2n) is 4.23. The Hall–Kier alpha value is -0.830. The molecule has 0 aromatic carbocycles. The molecule has 1 aliphatic rings. The number of aromatic nitrogens is 2. The average molecular weight is 194 g/mol. The molecule has 1 aromatic rings. The summed E-state index contributed by atoms with van der Waals surface area (Å²) in [5, 5.41) is 14.5. The lowest BCUT2D eigenvalue weighted by Gasteiger charge is -2.19. The smallest absolute Gasteiger partial charge is 0.0926 e. The second-order valence-corrected chi connectivity index (χ2v) is 4.23. The molecule has 1 aromatic heterocycles. The van der Waals surface area contributed by atoms with Gasteiger partial charge in [-0.05, 0) is 19.3 Å². The van der Waals surface area contributed by atoms with Crippen LogP contribution >= 0.6 is 0 Å². The Morgan fingerprint density at radius 2 is 2.21 bits per heavy atom. The molecule has 0 saturated heterocycles. The van der Waals surface area contributed by atoms with Crippen molar-refractivity contribution < 1.29 is 5.11 Å². The van der Waals surface area contributed by atoms with Crippen LogP contribution in [0.5, 0.6) is 0 Å². The largest absolute Gasteiger partial charge is 0.385 e. The Morgan fingerprint density at radius 1 is 1.50 bits per heavy atom. The van der Waals surface area contributed by atoms with Gasteiger partial charge in [0.1, 0.15) is 0 Å². The van der Waals surface area contributed by atoms with Crippen LogP contribution in [0.25, 0.3) is 0 Å². The Labute approximate surface area is 84.7 Å². The van der Waals surface area contributed by atoms with Crippen molar-refractivity contribution in [1.29, 1.82) is 0 Å². The SMILES string of the molecule is CCCn1cc(C2(O)CCCC2)cn1. The molecule has 1 saturated carbocycles. The number of aryl methyl sites for hydroxylation is 1. The molecule has 0 bridgehead atoms. The van der Waals surface area contributed by atoms with E-state index in [1.54, 1.807) is 0 Å². The Balaban J connectivity index is 2.15. The van der Waals surface area contributed by atoms with Gasteiger partial charge in [0.2, 0.25) is 0 Å². The van der Waals surface area contributed by atoms with Gasteiger partial charge in [-0.15, -0.1) is 0 Å². The van der Waals surface area contributed by atoms with Crippen molar-refractivity contribution >= 4 is 0 Å². The lowest BCUT2D eigenvalue weighted by Crippen LogP contribution is -2.19. The van der Waals surface area contributed by atoms with Gasteiger partial charge in [-0.2, -0.15) is 5.10 Å². The molecule has 3 nitrogen and oxygen atoms in total. The molecule has 0 aliphatic heterocycles. The first kappa shape index (κ1) is 9.71. The highest BCUT2D eigenvalue weighted by atomic mass is 16.3. The fraction of sp³-hybridized carbons (Fsp3) is 0.727. The molecular formula is C11H18N2O. The number of nitrogens with zero attached hydrogens (tertiary/aromatic N) is 2. The summed E-state index contributed by atoms with van der Waals surface area (Å²) in [5.74, 6) is 0. The van der Waals surface area contributed by atoms with Crippen LogP contribution in [0.4, 0.5) is 0 Å². The molecule has 3 heteroatoms. The van der Waals surface area contributed by atoms with E-state index < -0.39 is 5.60 Å². The van der Waals surface area contributed by atoms with Crippen molar-refractivity contribution in [2.45, 2.75) is 51.2 Å². The maximum atomic E-state index is 10.3. The summed E-state index contributed by atoms with van der Waals surface area (Å²) in [7, 11) is 0. The van der Waals surface area contributed by atoms with E-state index >= 15 is 0 Å². The van der Waals surface area contributed by atoms with Crippen LogP contribution in [0.2, 0.25) is 0 Å². The van der Waals surface area contributed by atoms with Gasteiger partial charge in [-0.3, -0.25) is 4.68 Å². The van der Waals surface area contributed by atoms with Gasteiger partial charge in [0.25, 0.3) is 0 Å². The summed E-state index contributed by atoms with van der Waals surface area (Å²) in [5.41, 5.74) is 0.426. The van der Waals surface area contributed by atoms with E-state index in [2.05, 4.69) is 12.0 Å². The van der Waals surface area contributed by atoms with Gasteiger partial charge in [-0.25, -0.2) is 0 Å². The van der Waals surface area contributed by atoms with Crippen LogP contribution < -0.4 is 0 Å². The van der Waals surface area contributed by atoms with Crippen molar-refractivity contribution in [3.63, 3.8) is 0 Å². The third kappa shape index (κ3) is 1.69. The molecule has 0 atom stereocenters. The van der Waals surface area contributed by atoms with Crippen molar-refractivity contribution in [2.24, 2.45) is 0 Å². The molecule has 0 amide bonds. The first-order chi connectivity index (χ1) is 6.74. The molecule has 0 spiro atoms. The van der Waals surface area contributed by atoms with Gasteiger partial charge in [0.15, 0.2) is 0 Å². The number of hydrogen-bond acceptors (Lipinski definition) is 2. The van der Waals surface area contributed by atoms with Gasteiger partial charge >= 0.3 is 0 Å². The molecule has 1 fully saturated rings. The molecule has 0 radical (unpaired) electrons. The summed E-state index contributed by atoms with van der Waals surface area (Å²) in [6.45, 7) is 3.07. The third-order valence-corrected chi connectivity index (χ3v) is 3.05. The van der Waals surface area contributed by atoms with Crippen LogP contribution in [-0.2, 0) is 12.1 Å². The first-order valence-electron chi connectivity index (χ1n) is 5.50. The van der Waals surface area contributed by atoms with E-state index in [1.807, 2.05) is 17.1 Å². The van der Waals surface area contributed by atoms with Crippen LogP contribution in [-0.4, -0.2) is 14.9 Å². The maximum Gasteiger partial charge on any atom is 0.0926 e. The van der Waals surface area contributed by atoms with Gasteiger partial charge in [0, 0.05) is 18.3 Å². The molecule has 1 aliphatic carbocycles. The van der Waals surface area contributed by atoms with E-state index in [0.29, 0.717) is 0 Å². The Morgan fingerprint density at radius 3 is 2.86 bits per heavy atom. The monoisotopic (exact) mass is 194 g/mol. The zero-order valence-corrected chi connectivity index (χ0v) is 8.74. The fourth-order valence-electron chi connectivity index (χ4n) is 2.20. The van der Waals surface area contributed by atoms with Crippen molar-refractivity contribution in [3.05, 3.63) is 18.0 Å². The topological polar surface area (TPSA) is 38.0 Å². The van der Waals surface area contributed by atoms with Gasteiger partial charge < -0.3 is 5.11 Å². The zero-order valence-electron chi connectivity index (χ0n) is 8.74. The summed E-state index contributed by atoms with van der Waals surface area (Å²) in [4.78, 5) is 0. The normalized spacial score (nSPS) is 20.1. The van der Waals surface area contributed by atoms with E-state index in [9.17, 15) is 5.11 Å². The average Bonchev–Trinajstić information content (AvgIpc) is 2.75. The highest BCUT2D eigenvalue weighted by Gasteiger charge is 2.33. The van der Waals surface area contributed by atoms with Crippen LogP contribution in [0, 0.1) is 0 Å². The van der Waals surface area contributed by atoms with Crippen LogP contribution in [0.15, 0.2) is 12.4 Å². The zero-order chi connectivity index (χ0) is 10.0. The second kappa shape index (κ2) is 3.73. The molecule has 0 unspecified atom stereocenters. The quantitative estimate of drug-likeness (QED) is 0.799. The van der Waals surface area contributed by atoms with E-state index in [4.69, 9.17) is 0 Å². The minimum atomic E-state index is -0.577. The minimum absolute atomic E-state index is 0.577. The van der Waals surface area contributed by atoms with Crippen molar-refractivity contribution in [2.75, 3.05) is 0 Å². The van der Waals surface area contributed by atoms with Gasteiger partial charge in [0.05, 0.1) is 11.8 Å². The molecule has 78 valence electrons. The Bertz CT molecular complexity index is 300. The van der Waals surface area contributed by atoms with Crippen molar-refractivity contribution in [1.82, 2.24) is 9.78 Å². The van der Waals surface area contributed by atoms with Crippen LogP contribution in [0.1, 0.15) is 44.6 Å². The number of hydrogen-bond donors (Lipinski definition) is 1. The highest BCUT2D eigenvalue weighted by Crippen LogP contribution is 2.38. The van der Waals surface area contributed by atoms with E-state index in [-0.39, 0.29) is 0 Å². The third-order valence-electron chi connectivity index (χ3n) is 3.05. The van der Waals surface area contributed by atoms with Crippen LogP contribution in [0.3, 0.4) is 0 Å². The Kier molecular flexibility index (Phi) is 2.59. The molecular weight excluding hydrogens is 176 g/mol. The highest BCUT2D eigenvalue weighted by molar-refractivity contribution is 5.16. The predicted octanol–water partition coefficient (Wildman–Crippen LogP) is 2.05. The summed E-state index contributed by atoms with van der Waals surface area (Å²) >= 11 is 0. The molecule has 1 heterocycles. The fourth-order valence-corrected chi connectivity index (χ4v) is 2.20. The molecule has 14 heavy (non-hydrogen) atoms. The first-order valence-corrected chi connectivity index (χ1v) is 5.50. The van der Waals surface area contributed by atoms with E-state index in [0.717, 1.165) is 44.2 Å². The number of aliphatic hydroxyl groups is 1. The van der Waals surface area contributed by atoms with E-state index in [1.165, 1.54) is 0 Å². The lowest BCUT2D eigenvalue weighted by atomic mass is 9.95. The predicted molar refractivity (Wildman–Crippen MR) is 54.9 cm³/mol. The van der Waals surface area contributed by atoms with Gasteiger partial charge in [-0.1, -0.05) is 19.8 Å². The maximum absolute atomic E-state index is 10.3. The summed E-state index contributed by atoms with van der Waals surface area (Å²) in [6, 6.07) is 0.